The number of aryl methyl sites for hydroxylation is 2. The first kappa shape index (κ1) is 10.9. The second-order valence-corrected chi connectivity index (χ2v) is 4.31. The molecule has 2 aromatic heterocycles. The first-order chi connectivity index (χ1) is 7.65. The van der Waals surface area contributed by atoms with Crippen molar-refractivity contribution in [3.05, 3.63) is 29.7 Å². The Balaban J connectivity index is 2.07. The Bertz CT molecular complexity index is 477. The van der Waals surface area contributed by atoms with Crippen LogP contribution in [-0.2, 0) is 5.88 Å². The fourth-order valence-electron chi connectivity index (χ4n) is 1.24. The molecule has 0 amide bonds. The predicted octanol–water partition coefficient (Wildman–Crippen LogP) is 1.75. The first-order valence-electron chi connectivity index (χ1n) is 4.81. The van der Waals surface area contributed by atoms with Gasteiger partial charge in [0.2, 0.25) is 5.88 Å². The van der Waals surface area contributed by atoms with E-state index in [2.05, 4.69) is 15.1 Å². The van der Waals surface area contributed by atoms with E-state index >= 15 is 0 Å². The van der Waals surface area contributed by atoms with Gasteiger partial charge in [0.15, 0.2) is 5.16 Å². The van der Waals surface area contributed by atoms with Crippen molar-refractivity contribution in [2.45, 2.75) is 24.9 Å². The maximum Gasteiger partial charge on any atom is 0.215 e. The van der Waals surface area contributed by atoms with Crippen LogP contribution >= 0.6 is 11.8 Å². The van der Waals surface area contributed by atoms with E-state index in [9.17, 15) is 5.11 Å². The molecule has 0 atom stereocenters. The highest BCUT2D eigenvalue weighted by molar-refractivity contribution is 7.98. The van der Waals surface area contributed by atoms with Gasteiger partial charge in [0.05, 0.1) is 5.88 Å². The van der Waals surface area contributed by atoms with Crippen LogP contribution in [0.5, 0.6) is 5.88 Å². The molecule has 5 nitrogen and oxygen atoms in total. The van der Waals surface area contributed by atoms with Gasteiger partial charge in [-0.25, -0.2) is 4.98 Å². The fourth-order valence-corrected chi connectivity index (χ4v) is 2.12. The van der Waals surface area contributed by atoms with Gasteiger partial charge in [0.1, 0.15) is 0 Å². The number of hydrogen-bond donors (Lipinski definition) is 1. The Kier molecular flexibility index (Phi) is 3.09. The zero-order valence-electron chi connectivity index (χ0n) is 9.08. The van der Waals surface area contributed by atoms with Gasteiger partial charge in [-0.05, 0) is 19.9 Å². The molecule has 0 aliphatic carbocycles. The summed E-state index contributed by atoms with van der Waals surface area (Å²) in [7, 11) is 0. The lowest BCUT2D eigenvalue weighted by molar-refractivity contribution is 0.444. The van der Waals surface area contributed by atoms with Crippen LogP contribution in [0.1, 0.15) is 11.4 Å². The van der Waals surface area contributed by atoms with E-state index in [-0.39, 0.29) is 5.88 Å². The highest BCUT2D eigenvalue weighted by atomic mass is 32.2. The van der Waals surface area contributed by atoms with Crippen molar-refractivity contribution < 1.29 is 5.11 Å². The molecule has 2 aromatic rings. The van der Waals surface area contributed by atoms with Gasteiger partial charge in [-0.2, -0.15) is 10.1 Å². The normalized spacial score (nSPS) is 10.6. The molecule has 6 heteroatoms. The molecule has 0 fully saturated rings. The summed E-state index contributed by atoms with van der Waals surface area (Å²) in [5, 5.41) is 14.0. The lowest BCUT2D eigenvalue weighted by atomic mass is 10.4. The van der Waals surface area contributed by atoms with Crippen LogP contribution in [0.2, 0.25) is 0 Å². The third-order valence-corrected chi connectivity index (χ3v) is 2.88. The molecule has 0 radical (unpaired) electrons. The summed E-state index contributed by atoms with van der Waals surface area (Å²) in [6.45, 7) is 3.81. The number of aromatic nitrogens is 4. The Hall–Kier alpha value is -1.56. The van der Waals surface area contributed by atoms with Crippen molar-refractivity contribution >= 4 is 11.8 Å². The molecule has 1 N–H and O–H groups in total. The highest BCUT2D eigenvalue weighted by Crippen LogP contribution is 2.18. The summed E-state index contributed by atoms with van der Waals surface area (Å²) in [4.78, 5) is 8.14. The van der Waals surface area contributed by atoms with Gasteiger partial charge in [-0.3, -0.25) is 4.68 Å². The van der Waals surface area contributed by atoms with E-state index in [1.165, 1.54) is 17.8 Å². The third kappa shape index (κ3) is 2.52. The SMILES string of the molecule is Cc1cc(O)nc(SCn2nccc2C)n1. The van der Waals surface area contributed by atoms with Crippen molar-refractivity contribution in [2.24, 2.45) is 0 Å². The Labute approximate surface area is 97.5 Å². The van der Waals surface area contributed by atoms with Gasteiger partial charge >= 0.3 is 0 Å². The zero-order chi connectivity index (χ0) is 11.5. The predicted molar refractivity (Wildman–Crippen MR) is 61.3 cm³/mol. The van der Waals surface area contributed by atoms with E-state index in [1.54, 1.807) is 6.20 Å². The van der Waals surface area contributed by atoms with Crippen LogP contribution in [0.4, 0.5) is 0 Å². The second kappa shape index (κ2) is 4.52. The number of hydrogen-bond acceptors (Lipinski definition) is 5. The topological polar surface area (TPSA) is 63.8 Å². The average molecular weight is 236 g/mol. The van der Waals surface area contributed by atoms with Crippen LogP contribution in [0.25, 0.3) is 0 Å². The average Bonchev–Trinajstić information content (AvgIpc) is 2.59. The summed E-state index contributed by atoms with van der Waals surface area (Å²) in [5.41, 5.74) is 1.84. The summed E-state index contributed by atoms with van der Waals surface area (Å²) < 4.78 is 1.85. The van der Waals surface area contributed by atoms with Crippen LogP contribution in [-0.4, -0.2) is 24.9 Å². The minimum Gasteiger partial charge on any atom is -0.493 e. The molecular formula is C10H12N4OS. The quantitative estimate of drug-likeness (QED) is 0.649. The van der Waals surface area contributed by atoms with Gasteiger partial charge in [-0.1, -0.05) is 11.8 Å². The zero-order valence-corrected chi connectivity index (χ0v) is 9.90. The molecule has 0 spiro atoms. The molecule has 2 rings (SSSR count). The lowest BCUT2D eigenvalue weighted by Gasteiger charge is -2.04. The van der Waals surface area contributed by atoms with Crippen LogP contribution in [0, 0.1) is 13.8 Å². The molecule has 0 aliphatic rings. The van der Waals surface area contributed by atoms with Gasteiger partial charge < -0.3 is 5.11 Å². The number of rotatable bonds is 3. The van der Waals surface area contributed by atoms with Crippen molar-refractivity contribution in [3.8, 4) is 5.88 Å². The van der Waals surface area contributed by atoms with E-state index in [4.69, 9.17) is 0 Å². The van der Waals surface area contributed by atoms with E-state index < -0.39 is 0 Å². The highest BCUT2D eigenvalue weighted by Gasteiger charge is 2.03. The molecule has 84 valence electrons. The minimum absolute atomic E-state index is 0.00665. The van der Waals surface area contributed by atoms with Gasteiger partial charge in [-0.15, -0.1) is 0 Å². The van der Waals surface area contributed by atoms with Crippen molar-refractivity contribution in [1.29, 1.82) is 0 Å². The first-order valence-corrected chi connectivity index (χ1v) is 5.79. The number of aromatic hydroxyl groups is 1. The van der Waals surface area contributed by atoms with Crippen LogP contribution < -0.4 is 0 Å². The van der Waals surface area contributed by atoms with Crippen molar-refractivity contribution in [3.63, 3.8) is 0 Å². The summed E-state index contributed by atoms with van der Waals surface area (Å²) in [5.74, 6) is 0.647. The Morgan fingerprint density at radius 1 is 1.38 bits per heavy atom. The third-order valence-electron chi connectivity index (χ3n) is 2.07. The number of thioether (sulfide) groups is 1. The molecule has 2 heterocycles. The maximum absolute atomic E-state index is 9.32. The summed E-state index contributed by atoms with van der Waals surface area (Å²) >= 11 is 1.44. The second-order valence-electron chi connectivity index (χ2n) is 3.40. The van der Waals surface area contributed by atoms with E-state index in [0.29, 0.717) is 11.0 Å². The fraction of sp³-hybridized carbons (Fsp3) is 0.300. The van der Waals surface area contributed by atoms with Crippen molar-refractivity contribution in [1.82, 2.24) is 19.7 Å². The number of nitrogens with zero attached hydrogens (tertiary/aromatic N) is 4. The molecule has 0 bridgehead atoms. The monoisotopic (exact) mass is 236 g/mol. The smallest absolute Gasteiger partial charge is 0.215 e. The Morgan fingerprint density at radius 2 is 2.19 bits per heavy atom. The van der Waals surface area contributed by atoms with E-state index in [1.807, 2.05) is 24.6 Å². The maximum atomic E-state index is 9.32. The summed E-state index contributed by atoms with van der Waals surface area (Å²) in [6.07, 6.45) is 1.75. The van der Waals surface area contributed by atoms with Gasteiger partial charge in [0, 0.05) is 23.7 Å². The molecule has 0 saturated heterocycles. The standard InChI is InChI=1S/C10H12N4OS/c1-7-5-9(15)13-10(12-7)16-6-14-8(2)3-4-11-14/h3-5H,6H2,1-2H3,(H,12,13,15). The molecule has 0 aromatic carbocycles. The molecule has 0 unspecified atom stereocenters. The Morgan fingerprint density at radius 3 is 2.81 bits per heavy atom. The minimum atomic E-state index is 0.00665. The summed E-state index contributed by atoms with van der Waals surface area (Å²) in [6, 6.07) is 3.47. The van der Waals surface area contributed by atoms with Gasteiger partial charge in [0.25, 0.3) is 0 Å². The molecule has 0 saturated carbocycles. The van der Waals surface area contributed by atoms with Crippen molar-refractivity contribution in [2.75, 3.05) is 0 Å². The van der Waals surface area contributed by atoms with Crippen LogP contribution in [0.3, 0.4) is 0 Å². The molecule has 0 aliphatic heterocycles. The lowest BCUT2D eigenvalue weighted by Crippen LogP contribution is -2.00. The van der Waals surface area contributed by atoms with Crippen LogP contribution in [0.15, 0.2) is 23.5 Å². The largest absolute Gasteiger partial charge is 0.493 e. The van der Waals surface area contributed by atoms with E-state index in [0.717, 1.165) is 11.4 Å². The molecule has 16 heavy (non-hydrogen) atoms. The molecular weight excluding hydrogens is 224 g/mol.